The van der Waals surface area contributed by atoms with Crippen LogP contribution >= 0.6 is 0 Å². The van der Waals surface area contributed by atoms with Crippen LogP contribution in [0.1, 0.15) is 37.0 Å². The van der Waals surface area contributed by atoms with Crippen molar-refractivity contribution in [2.24, 2.45) is 5.92 Å². The summed E-state index contributed by atoms with van der Waals surface area (Å²) < 4.78 is 5.25. The summed E-state index contributed by atoms with van der Waals surface area (Å²) in [6, 6.07) is 0.406. The van der Waals surface area contributed by atoms with Crippen molar-refractivity contribution < 1.29 is 4.52 Å². The minimum atomic E-state index is 0.406. The Morgan fingerprint density at radius 2 is 2.14 bits per heavy atom. The van der Waals surface area contributed by atoms with Gasteiger partial charge in [-0.25, -0.2) is 0 Å². The summed E-state index contributed by atoms with van der Waals surface area (Å²) in [6.07, 6.45) is 3.91. The number of aryl methyl sites for hydroxylation is 1. The summed E-state index contributed by atoms with van der Waals surface area (Å²) in [7, 11) is 0. The zero-order valence-electron chi connectivity index (χ0n) is 8.44. The fourth-order valence-corrected chi connectivity index (χ4v) is 2.67. The summed E-state index contributed by atoms with van der Waals surface area (Å²) in [5, 5.41) is 3.86. The topological polar surface area (TPSA) is 42.2 Å². The molecule has 3 saturated heterocycles. The van der Waals surface area contributed by atoms with E-state index in [4.69, 9.17) is 4.52 Å². The van der Waals surface area contributed by atoms with Crippen molar-refractivity contribution in [3.8, 4) is 0 Å². The fraction of sp³-hybridized carbons (Fsp3) is 0.800. The third-order valence-electron chi connectivity index (χ3n) is 3.47. The molecule has 0 spiro atoms. The molecule has 4 nitrogen and oxygen atoms in total. The molecule has 1 aromatic heterocycles. The Bertz CT molecular complexity index is 328. The number of hydrogen-bond acceptors (Lipinski definition) is 4. The number of hydrogen-bond donors (Lipinski definition) is 0. The van der Waals surface area contributed by atoms with Gasteiger partial charge in [-0.2, -0.15) is 4.98 Å². The van der Waals surface area contributed by atoms with Crippen LogP contribution in [0.4, 0.5) is 0 Å². The molecule has 0 aliphatic carbocycles. The number of fused-ring (bicyclic) bond motifs is 3. The molecular weight excluding hydrogens is 178 g/mol. The highest BCUT2D eigenvalue weighted by atomic mass is 16.5. The number of nitrogens with zero attached hydrogens (tertiary/aromatic N) is 3. The molecule has 0 saturated carbocycles. The standard InChI is InChI=1S/C10H15N3O/c1-7-11-10(14-12-7)9-6-8-2-4-13(9)5-3-8/h8-9H,2-6H2,1H3. The molecule has 1 aromatic rings. The monoisotopic (exact) mass is 193 g/mol. The second kappa shape index (κ2) is 3.05. The van der Waals surface area contributed by atoms with Crippen molar-refractivity contribution in [3.05, 3.63) is 11.7 Å². The highest BCUT2D eigenvalue weighted by Crippen LogP contribution is 2.39. The number of piperidine rings is 3. The lowest BCUT2D eigenvalue weighted by Gasteiger charge is -2.43. The van der Waals surface area contributed by atoms with Crippen LogP contribution in [0.5, 0.6) is 0 Å². The van der Waals surface area contributed by atoms with Gasteiger partial charge in [-0.15, -0.1) is 0 Å². The van der Waals surface area contributed by atoms with E-state index in [0.717, 1.165) is 17.6 Å². The van der Waals surface area contributed by atoms with E-state index in [1.807, 2.05) is 6.92 Å². The van der Waals surface area contributed by atoms with Gasteiger partial charge >= 0.3 is 0 Å². The van der Waals surface area contributed by atoms with Crippen molar-refractivity contribution in [1.29, 1.82) is 0 Å². The second-order valence-electron chi connectivity index (χ2n) is 4.41. The average molecular weight is 193 g/mol. The third kappa shape index (κ3) is 1.25. The van der Waals surface area contributed by atoms with Gasteiger partial charge < -0.3 is 4.52 Å². The van der Waals surface area contributed by atoms with Gasteiger partial charge in [-0.05, 0) is 45.2 Å². The van der Waals surface area contributed by atoms with E-state index in [1.165, 1.54) is 32.4 Å². The second-order valence-corrected chi connectivity index (χ2v) is 4.41. The predicted octanol–water partition coefficient (Wildman–Crippen LogP) is 1.53. The normalized spacial score (nSPS) is 36.2. The first kappa shape index (κ1) is 8.41. The molecule has 0 aromatic carbocycles. The molecule has 0 amide bonds. The van der Waals surface area contributed by atoms with Crippen LogP contribution in [0.25, 0.3) is 0 Å². The maximum absolute atomic E-state index is 5.25. The van der Waals surface area contributed by atoms with Crippen LogP contribution in [0, 0.1) is 12.8 Å². The highest BCUT2D eigenvalue weighted by molar-refractivity contribution is 4.98. The van der Waals surface area contributed by atoms with E-state index in [-0.39, 0.29) is 0 Å². The summed E-state index contributed by atoms with van der Waals surface area (Å²) in [4.78, 5) is 6.81. The van der Waals surface area contributed by atoms with Gasteiger partial charge in [-0.3, -0.25) is 4.90 Å². The molecule has 3 aliphatic heterocycles. The smallest absolute Gasteiger partial charge is 0.243 e. The molecule has 3 aliphatic rings. The molecule has 4 rings (SSSR count). The Kier molecular flexibility index (Phi) is 1.83. The van der Waals surface area contributed by atoms with Crippen molar-refractivity contribution in [2.75, 3.05) is 13.1 Å². The maximum Gasteiger partial charge on any atom is 0.243 e. The zero-order chi connectivity index (χ0) is 9.54. The van der Waals surface area contributed by atoms with Crippen LogP contribution in [-0.2, 0) is 0 Å². The molecule has 0 N–H and O–H groups in total. The van der Waals surface area contributed by atoms with E-state index in [1.54, 1.807) is 0 Å². The predicted molar refractivity (Wildman–Crippen MR) is 50.7 cm³/mol. The fourth-order valence-electron chi connectivity index (χ4n) is 2.67. The zero-order valence-corrected chi connectivity index (χ0v) is 8.44. The number of rotatable bonds is 1. The molecular formula is C10H15N3O. The first-order valence-corrected chi connectivity index (χ1v) is 5.37. The van der Waals surface area contributed by atoms with E-state index in [0.29, 0.717) is 6.04 Å². The average Bonchev–Trinajstić information content (AvgIpc) is 2.66. The quantitative estimate of drug-likeness (QED) is 0.678. The Morgan fingerprint density at radius 3 is 2.64 bits per heavy atom. The lowest BCUT2D eigenvalue weighted by Crippen LogP contribution is -2.43. The van der Waals surface area contributed by atoms with E-state index in [9.17, 15) is 0 Å². The van der Waals surface area contributed by atoms with Gasteiger partial charge in [0.1, 0.15) is 0 Å². The summed E-state index contributed by atoms with van der Waals surface area (Å²) in [6.45, 7) is 4.29. The summed E-state index contributed by atoms with van der Waals surface area (Å²) >= 11 is 0. The van der Waals surface area contributed by atoms with Gasteiger partial charge in [0.05, 0.1) is 6.04 Å². The Labute approximate surface area is 83.3 Å². The van der Waals surface area contributed by atoms with Gasteiger partial charge in [0.25, 0.3) is 0 Å². The van der Waals surface area contributed by atoms with Gasteiger partial charge in [0.15, 0.2) is 5.82 Å². The summed E-state index contributed by atoms with van der Waals surface area (Å²) in [5.41, 5.74) is 0. The van der Waals surface area contributed by atoms with Crippen LogP contribution in [0.15, 0.2) is 4.52 Å². The van der Waals surface area contributed by atoms with Gasteiger partial charge in [0, 0.05) is 0 Å². The first-order chi connectivity index (χ1) is 6.83. The van der Waals surface area contributed by atoms with Gasteiger partial charge in [-0.1, -0.05) is 5.16 Å². The Morgan fingerprint density at radius 1 is 1.36 bits per heavy atom. The molecule has 4 heterocycles. The highest BCUT2D eigenvalue weighted by Gasteiger charge is 2.37. The van der Waals surface area contributed by atoms with E-state index >= 15 is 0 Å². The van der Waals surface area contributed by atoms with Crippen LogP contribution in [0.2, 0.25) is 0 Å². The van der Waals surface area contributed by atoms with Crippen molar-refractivity contribution in [1.82, 2.24) is 15.0 Å². The van der Waals surface area contributed by atoms with Crippen LogP contribution < -0.4 is 0 Å². The van der Waals surface area contributed by atoms with Crippen LogP contribution in [0.3, 0.4) is 0 Å². The maximum atomic E-state index is 5.25. The van der Waals surface area contributed by atoms with Gasteiger partial charge in [0.2, 0.25) is 5.89 Å². The van der Waals surface area contributed by atoms with Crippen LogP contribution in [-0.4, -0.2) is 28.1 Å². The molecule has 1 unspecified atom stereocenters. The molecule has 1 atom stereocenters. The first-order valence-electron chi connectivity index (χ1n) is 5.37. The van der Waals surface area contributed by atoms with E-state index < -0.39 is 0 Å². The minimum absolute atomic E-state index is 0.406. The van der Waals surface area contributed by atoms with Crippen molar-refractivity contribution in [3.63, 3.8) is 0 Å². The van der Waals surface area contributed by atoms with E-state index in [2.05, 4.69) is 15.0 Å². The SMILES string of the molecule is Cc1noc(C2CC3CCN2CC3)n1. The molecule has 76 valence electrons. The molecule has 14 heavy (non-hydrogen) atoms. The molecule has 2 bridgehead atoms. The molecule has 0 radical (unpaired) electrons. The minimum Gasteiger partial charge on any atom is -0.338 e. The van der Waals surface area contributed by atoms with Crippen molar-refractivity contribution in [2.45, 2.75) is 32.2 Å². The largest absolute Gasteiger partial charge is 0.338 e. The summed E-state index contributed by atoms with van der Waals surface area (Å²) in [5.74, 6) is 2.46. The lowest BCUT2D eigenvalue weighted by atomic mass is 9.83. The molecule has 4 heteroatoms. The third-order valence-corrected chi connectivity index (χ3v) is 3.47. The Balaban J connectivity index is 1.85. The molecule has 3 fully saturated rings. The van der Waals surface area contributed by atoms with Crippen molar-refractivity contribution >= 4 is 0 Å². The lowest BCUT2D eigenvalue weighted by molar-refractivity contribution is 0.0317. The number of aromatic nitrogens is 2. The Hall–Kier alpha value is -0.900.